The number of ether oxygens (including phenoxy) is 1. The lowest BCUT2D eigenvalue weighted by atomic mass is 10.0. The number of hydrogen-bond acceptors (Lipinski definition) is 3. The van der Waals surface area contributed by atoms with Crippen molar-refractivity contribution < 1.29 is 9.84 Å². The van der Waals surface area contributed by atoms with Gasteiger partial charge in [0, 0.05) is 12.6 Å². The number of nitrogens with zero attached hydrogens (tertiary/aromatic N) is 1. The molecule has 0 amide bonds. The van der Waals surface area contributed by atoms with E-state index in [1.54, 1.807) is 0 Å². The molecule has 1 heterocycles. The first-order chi connectivity index (χ1) is 7.74. The predicted molar refractivity (Wildman–Crippen MR) is 66.6 cm³/mol. The smallest absolute Gasteiger partial charge is 0.0698 e. The highest BCUT2D eigenvalue weighted by Crippen LogP contribution is 2.22. The van der Waals surface area contributed by atoms with E-state index in [0.29, 0.717) is 6.61 Å². The summed E-state index contributed by atoms with van der Waals surface area (Å²) in [6.07, 6.45) is 5.35. The number of hydrogen-bond donors (Lipinski definition) is 1. The van der Waals surface area contributed by atoms with Crippen molar-refractivity contribution in [1.29, 1.82) is 0 Å². The molecule has 1 N–H and O–H groups in total. The first-order valence-electron chi connectivity index (χ1n) is 6.66. The van der Waals surface area contributed by atoms with Gasteiger partial charge < -0.3 is 9.84 Å². The molecule has 1 aliphatic heterocycles. The maximum Gasteiger partial charge on any atom is 0.0698 e. The normalized spacial score (nSPS) is 22.1. The van der Waals surface area contributed by atoms with Gasteiger partial charge in [0.25, 0.3) is 0 Å². The summed E-state index contributed by atoms with van der Waals surface area (Å²) in [6.45, 7) is 8.22. The molecule has 0 spiro atoms. The van der Waals surface area contributed by atoms with E-state index in [1.165, 1.54) is 32.2 Å². The molecular formula is C13H27NO2. The maximum absolute atomic E-state index is 8.62. The molecule has 3 heteroatoms. The van der Waals surface area contributed by atoms with Crippen molar-refractivity contribution in [1.82, 2.24) is 4.90 Å². The van der Waals surface area contributed by atoms with Gasteiger partial charge in [0.05, 0.1) is 19.8 Å². The van der Waals surface area contributed by atoms with E-state index < -0.39 is 0 Å². The van der Waals surface area contributed by atoms with E-state index >= 15 is 0 Å². The molecule has 1 aliphatic rings. The molecule has 1 saturated heterocycles. The first kappa shape index (κ1) is 13.9. The fourth-order valence-corrected chi connectivity index (χ4v) is 2.39. The van der Waals surface area contributed by atoms with Crippen LogP contribution in [0.15, 0.2) is 0 Å². The van der Waals surface area contributed by atoms with Gasteiger partial charge in [-0.1, -0.05) is 13.8 Å². The number of likely N-dealkylation sites (tertiary alicyclic amines) is 1. The monoisotopic (exact) mass is 229 g/mol. The van der Waals surface area contributed by atoms with Crippen LogP contribution in [-0.4, -0.2) is 49.0 Å². The molecule has 16 heavy (non-hydrogen) atoms. The van der Waals surface area contributed by atoms with Crippen LogP contribution in [0, 0.1) is 5.92 Å². The fourth-order valence-electron chi connectivity index (χ4n) is 2.39. The summed E-state index contributed by atoms with van der Waals surface area (Å²) >= 11 is 0. The highest BCUT2D eigenvalue weighted by atomic mass is 16.5. The summed E-state index contributed by atoms with van der Waals surface area (Å²) in [7, 11) is 0. The summed E-state index contributed by atoms with van der Waals surface area (Å²) in [5.41, 5.74) is 0. The van der Waals surface area contributed by atoms with Crippen LogP contribution in [0.3, 0.4) is 0 Å². The number of rotatable bonds is 8. The summed E-state index contributed by atoms with van der Waals surface area (Å²) in [6, 6.07) is 0.778. The van der Waals surface area contributed by atoms with E-state index in [4.69, 9.17) is 9.84 Å². The van der Waals surface area contributed by atoms with E-state index in [1.807, 2.05) is 0 Å². The zero-order valence-electron chi connectivity index (χ0n) is 10.8. The third-order valence-corrected chi connectivity index (χ3v) is 3.33. The van der Waals surface area contributed by atoms with Crippen molar-refractivity contribution in [3.63, 3.8) is 0 Å². The highest BCUT2D eigenvalue weighted by molar-refractivity contribution is 4.79. The molecule has 1 rings (SSSR count). The SMILES string of the molecule is CC(C)CCC1CCCN1CCOCCO. The van der Waals surface area contributed by atoms with E-state index in [0.717, 1.165) is 25.1 Å². The topological polar surface area (TPSA) is 32.7 Å². The van der Waals surface area contributed by atoms with Crippen molar-refractivity contribution >= 4 is 0 Å². The highest BCUT2D eigenvalue weighted by Gasteiger charge is 2.23. The number of aliphatic hydroxyl groups is 1. The maximum atomic E-state index is 8.62. The van der Waals surface area contributed by atoms with Crippen LogP contribution in [-0.2, 0) is 4.74 Å². The Balaban J connectivity index is 2.13. The molecule has 0 aromatic rings. The molecule has 1 fully saturated rings. The molecule has 96 valence electrons. The van der Waals surface area contributed by atoms with Crippen LogP contribution in [0.25, 0.3) is 0 Å². The quantitative estimate of drug-likeness (QED) is 0.645. The second kappa shape index (κ2) is 8.04. The average Bonchev–Trinajstić information content (AvgIpc) is 2.69. The largest absolute Gasteiger partial charge is 0.394 e. The van der Waals surface area contributed by atoms with Crippen molar-refractivity contribution in [2.45, 2.75) is 45.6 Å². The Kier molecular flexibility index (Phi) is 7.01. The molecular weight excluding hydrogens is 202 g/mol. The van der Waals surface area contributed by atoms with E-state index in [9.17, 15) is 0 Å². The second-order valence-corrected chi connectivity index (χ2v) is 5.14. The van der Waals surface area contributed by atoms with Gasteiger partial charge in [0.15, 0.2) is 0 Å². The van der Waals surface area contributed by atoms with Crippen LogP contribution in [0.1, 0.15) is 39.5 Å². The third kappa shape index (κ3) is 5.28. The van der Waals surface area contributed by atoms with Gasteiger partial charge in [-0.05, 0) is 38.1 Å². The Morgan fingerprint density at radius 3 is 2.88 bits per heavy atom. The third-order valence-electron chi connectivity index (χ3n) is 3.33. The second-order valence-electron chi connectivity index (χ2n) is 5.14. The molecule has 0 aromatic heterocycles. The van der Waals surface area contributed by atoms with Gasteiger partial charge in [0.2, 0.25) is 0 Å². The predicted octanol–water partition coefficient (Wildman–Crippen LogP) is 1.90. The van der Waals surface area contributed by atoms with Gasteiger partial charge >= 0.3 is 0 Å². The lowest BCUT2D eigenvalue weighted by molar-refractivity contribution is 0.0697. The molecule has 0 bridgehead atoms. The van der Waals surface area contributed by atoms with E-state index in [2.05, 4.69) is 18.7 Å². The minimum absolute atomic E-state index is 0.136. The van der Waals surface area contributed by atoms with Crippen molar-refractivity contribution in [2.75, 3.05) is 32.9 Å². The van der Waals surface area contributed by atoms with Gasteiger partial charge in [-0.2, -0.15) is 0 Å². The first-order valence-corrected chi connectivity index (χ1v) is 6.66. The van der Waals surface area contributed by atoms with Gasteiger partial charge in [-0.15, -0.1) is 0 Å². The Morgan fingerprint density at radius 1 is 1.38 bits per heavy atom. The number of aliphatic hydroxyl groups excluding tert-OH is 1. The minimum Gasteiger partial charge on any atom is -0.394 e. The van der Waals surface area contributed by atoms with Crippen LogP contribution < -0.4 is 0 Å². The standard InChI is InChI=1S/C13H27NO2/c1-12(2)5-6-13-4-3-7-14(13)8-10-16-11-9-15/h12-13,15H,3-11H2,1-2H3. The average molecular weight is 229 g/mol. The zero-order valence-corrected chi connectivity index (χ0v) is 10.8. The van der Waals surface area contributed by atoms with Crippen LogP contribution in [0.5, 0.6) is 0 Å². The Labute approximate surface area is 99.8 Å². The van der Waals surface area contributed by atoms with E-state index in [-0.39, 0.29) is 6.61 Å². The summed E-state index contributed by atoms with van der Waals surface area (Å²) in [5.74, 6) is 0.813. The van der Waals surface area contributed by atoms with Crippen molar-refractivity contribution in [3.05, 3.63) is 0 Å². The summed E-state index contributed by atoms with van der Waals surface area (Å²) < 4.78 is 5.33. The summed E-state index contributed by atoms with van der Waals surface area (Å²) in [4.78, 5) is 2.56. The fraction of sp³-hybridized carbons (Fsp3) is 1.00. The zero-order chi connectivity index (χ0) is 11.8. The lowest BCUT2D eigenvalue weighted by Gasteiger charge is -2.24. The molecule has 0 aromatic carbocycles. The van der Waals surface area contributed by atoms with Crippen LogP contribution >= 0.6 is 0 Å². The Morgan fingerprint density at radius 2 is 2.19 bits per heavy atom. The lowest BCUT2D eigenvalue weighted by Crippen LogP contribution is -2.33. The molecule has 0 aliphatic carbocycles. The molecule has 1 atom stereocenters. The molecule has 0 radical (unpaired) electrons. The molecule has 1 unspecified atom stereocenters. The molecule has 0 saturated carbocycles. The Hall–Kier alpha value is -0.120. The van der Waals surface area contributed by atoms with Gasteiger partial charge in [-0.25, -0.2) is 0 Å². The van der Waals surface area contributed by atoms with Gasteiger partial charge in [-0.3, -0.25) is 4.90 Å². The Bertz CT molecular complexity index is 173. The van der Waals surface area contributed by atoms with Crippen LogP contribution in [0.4, 0.5) is 0 Å². The van der Waals surface area contributed by atoms with Crippen LogP contribution in [0.2, 0.25) is 0 Å². The van der Waals surface area contributed by atoms with Gasteiger partial charge in [0.1, 0.15) is 0 Å². The van der Waals surface area contributed by atoms with Crippen molar-refractivity contribution in [3.8, 4) is 0 Å². The summed E-state index contributed by atoms with van der Waals surface area (Å²) in [5, 5.41) is 8.62. The minimum atomic E-state index is 0.136. The van der Waals surface area contributed by atoms with Crippen molar-refractivity contribution in [2.24, 2.45) is 5.92 Å². The molecule has 3 nitrogen and oxygen atoms in total.